The topological polar surface area (TPSA) is 3.88 Å². The summed E-state index contributed by atoms with van der Waals surface area (Å²) in [5.74, 6) is 0. The monoisotopic (exact) mass is 326 g/mol. The summed E-state index contributed by atoms with van der Waals surface area (Å²) >= 11 is -0.116. The molecule has 3 aromatic rings. The normalized spacial score (nSPS) is 11.4. The molecule has 0 fully saturated rings. The van der Waals surface area contributed by atoms with Crippen LogP contribution >= 0.6 is 0 Å². The van der Waals surface area contributed by atoms with Crippen LogP contribution in [-0.2, 0) is 7.05 Å². The Morgan fingerprint density at radius 3 is 2.50 bits per heavy atom. The molecule has 0 aliphatic rings. The second kappa shape index (κ2) is 3.58. The number of benzene rings is 2. The van der Waals surface area contributed by atoms with Crippen molar-refractivity contribution in [3.8, 4) is 0 Å². The Kier molecular flexibility index (Phi) is 2.31. The fourth-order valence-electron chi connectivity index (χ4n) is 2.32. The van der Waals surface area contributed by atoms with Gasteiger partial charge in [-0.1, -0.05) is 0 Å². The van der Waals surface area contributed by atoms with Crippen molar-refractivity contribution in [1.29, 1.82) is 0 Å². The Bertz CT molecular complexity index is 695. The number of aromatic nitrogens is 1. The van der Waals surface area contributed by atoms with Gasteiger partial charge in [0, 0.05) is 0 Å². The van der Waals surface area contributed by atoms with E-state index in [1.54, 1.807) is 7.11 Å². The number of hydrogen-bond acceptors (Lipinski definition) is 0. The van der Waals surface area contributed by atoms with E-state index in [9.17, 15) is 0 Å². The van der Waals surface area contributed by atoms with Crippen LogP contribution in [0.25, 0.3) is 19.7 Å². The van der Waals surface area contributed by atoms with Crippen molar-refractivity contribution >= 4 is 40.1 Å². The van der Waals surface area contributed by atoms with Crippen molar-refractivity contribution in [1.82, 2.24) is 0 Å². The van der Waals surface area contributed by atoms with Gasteiger partial charge in [-0.15, -0.1) is 0 Å². The van der Waals surface area contributed by atoms with Crippen LogP contribution in [0.4, 0.5) is 0 Å². The quantitative estimate of drug-likeness (QED) is 0.442. The van der Waals surface area contributed by atoms with Gasteiger partial charge in [-0.2, -0.15) is 0 Å². The zero-order valence-corrected chi connectivity index (χ0v) is 12.1. The van der Waals surface area contributed by atoms with Crippen LogP contribution in [0.15, 0.2) is 30.3 Å². The van der Waals surface area contributed by atoms with E-state index in [0.717, 1.165) is 0 Å². The van der Waals surface area contributed by atoms with Gasteiger partial charge < -0.3 is 0 Å². The van der Waals surface area contributed by atoms with Gasteiger partial charge in [0.1, 0.15) is 0 Å². The first-order valence-electron chi connectivity index (χ1n) is 5.46. The summed E-state index contributed by atoms with van der Waals surface area (Å²) in [6.07, 6.45) is 0. The Morgan fingerprint density at radius 2 is 1.75 bits per heavy atom. The molecule has 0 atom stereocenters. The van der Waals surface area contributed by atoms with Gasteiger partial charge in [-0.3, -0.25) is 0 Å². The molecule has 2 heteroatoms. The number of aryl methyl sites for hydroxylation is 3. The van der Waals surface area contributed by atoms with Gasteiger partial charge in [-0.25, -0.2) is 0 Å². The van der Waals surface area contributed by atoms with Crippen molar-refractivity contribution in [2.24, 2.45) is 7.05 Å². The summed E-state index contributed by atoms with van der Waals surface area (Å²) in [7, 11) is 2.20. The molecule has 0 aliphatic carbocycles. The first kappa shape index (κ1) is 10.3. The predicted octanol–water partition coefficient (Wildman–Crippen LogP) is 2.49. The predicted molar refractivity (Wildman–Crippen MR) is 69.0 cm³/mol. The van der Waals surface area contributed by atoms with Crippen LogP contribution < -0.4 is 4.57 Å². The molecular weight excluding hydrogens is 310 g/mol. The standard InChI is InChI=1S/C14H14NTe/c1-9-8-13-14(15(3)10(2)16-13)12-7-5-4-6-11(9)12/h4-8H,1-3H3/q+1. The molecule has 3 rings (SSSR count). The van der Waals surface area contributed by atoms with Crippen LogP contribution in [-0.4, -0.2) is 20.4 Å². The van der Waals surface area contributed by atoms with Gasteiger partial charge >= 0.3 is 105 Å². The van der Waals surface area contributed by atoms with Gasteiger partial charge in [0.25, 0.3) is 0 Å². The summed E-state index contributed by atoms with van der Waals surface area (Å²) in [4.78, 5) is 0. The molecule has 0 unspecified atom stereocenters. The Hall–Kier alpha value is -0.840. The average molecular weight is 324 g/mol. The number of nitrogens with zero attached hydrogens (tertiary/aromatic N) is 1. The van der Waals surface area contributed by atoms with Gasteiger partial charge in [0.15, 0.2) is 0 Å². The molecule has 16 heavy (non-hydrogen) atoms. The Labute approximate surface area is 105 Å². The van der Waals surface area contributed by atoms with E-state index in [-0.39, 0.29) is 20.4 Å². The van der Waals surface area contributed by atoms with Crippen molar-refractivity contribution in [2.45, 2.75) is 13.8 Å². The molecule has 0 radical (unpaired) electrons. The molecule has 2 aromatic carbocycles. The van der Waals surface area contributed by atoms with Crippen molar-refractivity contribution in [3.63, 3.8) is 0 Å². The van der Waals surface area contributed by atoms with Crippen molar-refractivity contribution < 1.29 is 4.57 Å². The maximum absolute atomic E-state index is 2.40. The van der Waals surface area contributed by atoms with Crippen LogP contribution in [0.2, 0.25) is 0 Å². The molecule has 0 spiro atoms. The van der Waals surface area contributed by atoms with E-state index in [1.165, 1.54) is 21.9 Å². The van der Waals surface area contributed by atoms with E-state index < -0.39 is 0 Å². The summed E-state index contributed by atoms with van der Waals surface area (Å²) in [5, 5.41) is 2.82. The maximum atomic E-state index is 2.40. The van der Waals surface area contributed by atoms with Gasteiger partial charge in [0.2, 0.25) is 0 Å². The van der Waals surface area contributed by atoms with Crippen LogP contribution in [0, 0.1) is 13.8 Å². The zero-order chi connectivity index (χ0) is 11.3. The minimum atomic E-state index is -0.116. The zero-order valence-electron chi connectivity index (χ0n) is 9.74. The minimum absolute atomic E-state index is 0.116. The van der Waals surface area contributed by atoms with Gasteiger partial charge in [-0.05, 0) is 0 Å². The van der Waals surface area contributed by atoms with E-state index in [2.05, 4.69) is 55.8 Å². The van der Waals surface area contributed by atoms with Crippen LogP contribution in [0.5, 0.6) is 0 Å². The van der Waals surface area contributed by atoms with E-state index in [4.69, 9.17) is 0 Å². The summed E-state index contributed by atoms with van der Waals surface area (Å²) in [5.41, 5.74) is 2.88. The van der Waals surface area contributed by atoms with E-state index in [0.29, 0.717) is 0 Å². The van der Waals surface area contributed by atoms with Crippen molar-refractivity contribution in [2.75, 3.05) is 0 Å². The molecule has 1 heterocycles. The number of fused-ring (bicyclic) bond motifs is 3. The molecule has 1 nitrogen and oxygen atoms in total. The summed E-state index contributed by atoms with van der Waals surface area (Å²) in [6, 6.07) is 11.1. The first-order valence-corrected chi connectivity index (χ1v) is 7.79. The third kappa shape index (κ3) is 1.34. The first-order chi connectivity index (χ1) is 7.68. The second-order valence-corrected chi connectivity index (χ2v) is 7.79. The molecule has 0 bridgehead atoms. The Morgan fingerprint density at radius 1 is 1.06 bits per heavy atom. The molecule has 0 saturated carbocycles. The molecule has 1 aromatic heterocycles. The molecule has 0 saturated heterocycles. The molecule has 0 amide bonds. The van der Waals surface area contributed by atoms with Crippen molar-refractivity contribution in [3.05, 3.63) is 39.6 Å². The average Bonchev–Trinajstić information content (AvgIpc) is 2.55. The summed E-state index contributed by atoms with van der Waals surface area (Å²) < 4.78 is 5.55. The third-order valence-electron chi connectivity index (χ3n) is 3.25. The third-order valence-corrected chi connectivity index (χ3v) is 6.39. The molecule has 0 N–H and O–H groups in total. The van der Waals surface area contributed by atoms with Gasteiger partial charge in [0.05, 0.1) is 0 Å². The van der Waals surface area contributed by atoms with Crippen LogP contribution in [0.3, 0.4) is 0 Å². The Balaban J connectivity index is 2.66. The molecule has 0 aliphatic heterocycles. The fraction of sp³-hybridized carbons (Fsp3) is 0.214. The fourth-order valence-corrected chi connectivity index (χ4v) is 5.53. The SMILES string of the molecule is Cc1cc2[te]c(C)[n+](C)c2c2ccccc12. The van der Waals surface area contributed by atoms with Crippen LogP contribution in [0.1, 0.15) is 9.27 Å². The second-order valence-electron chi connectivity index (χ2n) is 4.27. The van der Waals surface area contributed by atoms with E-state index >= 15 is 0 Å². The van der Waals surface area contributed by atoms with E-state index in [1.807, 2.05) is 0 Å². The summed E-state index contributed by atoms with van der Waals surface area (Å²) in [6.45, 7) is 4.50. The number of hydrogen-bond donors (Lipinski definition) is 0. The molecular formula is C14H14NTe+. The number of rotatable bonds is 0. The molecule has 80 valence electrons.